The molecule has 0 spiro atoms. The van der Waals surface area contributed by atoms with Crippen molar-refractivity contribution in [3.8, 4) is 0 Å². The average Bonchev–Trinajstić information content (AvgIpc) is 2.55. The Balaban J connectivity index is 1.73. The number of nitrogens with zero attached hydrogens (tertiary/aromatic N) is 3. The Morgan fingerprint density at radius 1 is 1.30 bits per heavy atom. The van der Waals surface area contributed by atoms with Crippen LogP contribution in [0.4, 0.5) is 0 Å². The van der Waals surface area contributed by atoms with Crippen molar-refractivity contribution in [1.82, 2.24) is 14.7 Å². The van der Waals surface area contributed by atoms with Crippen molar-refractivity contribution in [3.63, 3.8) is 0 Å². The summed E-state index contributed by atoms with van der Waals surface area (Å²) in [6.07, 6.45) is 0.612. The predicted molar refractivity (Wildman–Crippen MR) is 85.9 cm³/mol. The molecule has 0 bridgehead atoms. The van der Waals surface area contributed by atoms with Crippen LogP contribution in [0.2, 0.25) is 0 Å². The van der Waals surface area contributed by atoms with Crippen LogP contribution in [-0.4, -0.2) is 97.3 Å². The third-order valence-electron chi connectivity index (χ3n) is 4.68. The monoisotopic (exact) mass is 327 g/mol. The van der Waals surface area contributed by atoms with E-state index in [9.17, 15) is 14.7 Å². The fraction of sp³-hybridized carbons (Fsp3) is 0.875. The third kappa shape index (κ3) is 5.16. The number of carbonyl (C=O) groups excluding carboxylic acids is 2. The Kier molecular flexibility index (Phi) is 6.80. The molecule has 0 aliphatic carbocycles. The van der Waals surface area contributed by atoms with Crippen molar-refractivity contribution in [2.45, 2.75) is 25.9 Å². The zero-order valence-electron chi connectivity index (χ0n) is 14.2. The summed E-state index contributed by atoms with van der Waals surface area (Å²) in [5.74, 6) is 0.0158. The normalized spacial score (nSPS) is 24.8. The standard InChI is InChI=1S/C16H29N3O4/c1-3-23-12-14(20)11-18-6-8-19(9-7-18)16(22)13-4-5-17(2)15(21)10-13/h13-14,20H,3-12H2,1-2H3/t13-,14+/m1/s1. The molecular weight excluding hydrogens is 298 g/mol. The quantitative estimate of drug-likeness (QED) is 0.705. The van der Waals surface area contributed by atoms with E-state index in [1.807, 2.05) is 11.8 Å². The van der Waals surface area contributed by atoms with E-state index in [1.165, 1.54) is 0 Å². The highest BCUT2D eigenvalue weighted by atomic mass is 16.5. The number of β-amino-alcohol motifs (C(OH)–C–C–N with tert-alkyl or cyclic N) is 1. The van der Waals surface area contributed by atoms with Crippen LogP contribution in [0, 0.1) is 5.92 Å². The van der Waals surface area contributed by atoms with Gasteiger partial charge in [-0.2, -0.15) is 0 Å². The van der Waals surface area contributed by atoms with Gasteiger partial charge in [-0.05, 0) is 13.3 Å². The summed E-state index contributed by atoms with van der Waals surface area (Å²) < 4.78 is 5.22. The van der Waals surface area contributed by atoms with Gasteiger partial charge in [0.2, 0.25) is 11.8 Å². The van der Waals surface area contributed by atoms with Crippen molar-refractivity contribution in [2.75, 3.05) is 59.5 Å². The lowest BCUT2D eigenvalue weighted by atomic mass is 9.94. The van der Waals surface area contributed by atoms with Gasteiger partial charge in [-0.15, -0.1) is 0 Å². The van der Waals surface area contributed by atoms with Gasteiger partial charge in [-0.25, -0.2) is 0 Å². The molecule has 0 aromatic rings. The van der Waals surface area contributed by atoms with E-state index in [-0.39, 0.29) is 17.7 Å². The summed E-state index contributed by atoms with van der Waals surface area (Å²) in [7, 11) is 1.79. The highest BCUT2D eigenvalue weighted by Crippen LogP contribution is 2.20. The number of aliphatic hydroxyl groups excluding tert-OH is 1. The fourth-order valence-corrected chi connectivity index (χ4v) is 3.17. The first kappa shape index (κ1) is 18.2. The maximum absolute atomic E-state index is 12.5. The molecule has 0 radical (unpaired) electrons. The number of ether oxygens (including phenoxy) is 1. The van der Waals surface area contributed by atoms with Crippen molar-refractivity contribution < 1.29 is 19.4 Å². The third-order valence-corrected chi connectivity index (χ3v) is 4.68. The number of aliphatic hydroxyl groups is 1. The molecule has 2 aliphatic rings. The number of piperazine rings is 1. The second kappa shape index (κ2) is 8.61. The number of hydrogen-bond acceptors (Lipinski definition) is 5. The van der Waals surface area contributed by atoms with Gasteiger partial charge in [-0.3, -0.25) is 14.5 Å². The van der Waals surface area contributed by atoms with Crippen LogP contribution in [0.3, 0.4) is 0 Å². The van der Waals surface area contributed by atoms with Gasteiger partial charge in [0.1, 0.15) is 0 Å². The summed E-state index contributed by atoms with van der Waals surface area (Å²) in [6.45, 7) is 6.97. The predicted octanol–water partition coefficient (Wildman–Crippen LogP) is -0.604. The molecule has 0 aromatic heterocycles. The Bertz CT molecular complexity index is 410. The number of rotatable bonds is 6. The first-order valence-electron chi connectivity index (χ1n) is 8.52. The zero-order valence-corrected chi connectivity index (χ0v) is 14.2. The molecule has 2 atom stereocenters. The van der Waals surface area contributed by atoms with Crippen LogP contribution in [0.15, 0.2) is 0 Å². The molecule has 2 aliphatic heterocycles. The molecule has 2 fully saturated rings. The SMILES string of the molecule is CCOC[C@@H](O)CN1CCN(C(=O)[C@@H]2CCN(C)C(=O)C2)CC1. The lowest BCUT2D eigenvalue weighted by Crippen LogP contribution is -2.53. The van der Waals surface area contributed by atoms with Gasteiger partial charge in [0.25, 0.3) is 0 Å². The Labute approximate surface area is 138 Å². The Morgan fingerprint density at radius 2 is 2.00 bits per heavy atom. The van der Waals surface area contributed by atoms with E-state index in [4.69, 9.17) is 4.74 Å². The second-order valence-electron chi connectivity index (χ2n) is 6.44. The zero-order chi connectivity index (χ0) is 16.8. The highest BCUT2D eigenvalue weighted by Gasteiger charge is 2.33. The summed E-state index contributed by atoms with van der Waals surface area (Å²) in [5.41, 5.74) is 0. The van der Waals surface area contributed by atoms with Gasteiger partial charge in [0, 0.05) is 65.3 Å². The van der Waals surface area contributed by atoms with Gasteiger partial charge < -0.3 is 19.6 Å². The van der Waals surface area contributed by atoms with E-state index in [1.54, 1.807) is 11.9 Å². The average molecular weight is 327 g/mol. The number of carbonyl (C=O) groups is 2. The summed E-state index contributed by atoms with van der Waals surface area (Å²) >= 11 is 0. The maximum Gasteiger partial charge on any atom is 0.226 e. The summed E-state index contributed by atoms with van der Waals surface area (Å²) in [4.78, 5) is 30.0. The van der Waals surface area contributed by atoms with E-state index >= 15 is 0 Å². The number of hydrogen-bond donors (Lipinski definition) is 1. The molecule has 2 heterocycles. The molecule has 0 aromatic carbocycles. The fourth-order valence-electron chi connectivity index (χ4n) is 3.17. The molecule has 7 heteroatoms. The lowest BCUT2D eigenvalue weighted by Gasteiger charge is -2.38. The van der Waals surface area contributed by atoms with Crippen LogP contribution in [0.1, 0.15) is 19.8 Å². The molecule has 23 heavy (non-hydrogen) atoms. The van der Waals surface area contributed by atoms with Crippen molar-refractivity contribution in [2.24, 2.45) is 5.92 Å². The van der Waals surface area contributed by atoms with E-state index < -0.39 is 6.10 Å². The molecule has 2 rings (SSSR count). The van der Waals surface area contributed by atoms with Crippen LogP contribution in [0.5, 0.6) is 0 Å². The number of likely N-dealkylation sites (tertiary alicyclic amines) is 1. The van der Waals surface area contributed by atoms with Crippen molar-refractivity contribution >= 4 is 11.8 Å². The number of amides is 2. The minimum atomic E-state index is -0.483. The summed E-state index contributed by atoms with van der Waals surface area (Å²) in [5, 5.41) is 9.88. The van der Waals surface area contributed by atoms with Crippen molar-refractivity contribution in [1.29, 1.82) is 0 Å². The van der Waals surface area contributed by atoms with E-state index in [0.717, 1.165) is 19.5 Å². The van der Waals surface area contributed by atoms with Gasteiger partial charge in [-0.1, -0.05) is 0 Å². The minimum Gasteiger partial charge on any atom is -0.389 e. The van der Waals surface area contributed by atoms with Crippen LogP contribution in [0.25, 0.3) is 0 Å². The smallest absolute Gasteiger partial charge is 0.226 e. The topological polar surface area (TPSA) is 73.3 Å². The maximum atomic E-state index is 12.5. The van der Waals surface area contributed by atoms with Crippen LogP contribution < -0.4 is 0 Å². The van der Waals surface area contributed by atoms with Crippen LogP contribution >= 0.6 is 0 Å². The van der Waals surface area contributed by atoms with Gasteiger partial charge in [0.05, 0.1) is 12.7 Å². The Hall–Kier alpha value is -1.18. The molecule has 2 amide bonds. The first-order valence-corrected chi connectivity index (χ1v) is 8.52. The largest absolute Gasteiger partial charge is 0.389 e. The molecule has 132 valence electrons. The highest BCUT2D eigenvalue weighted by molar-refractivity contribution is 5.86. The number of piperidine rings is 1. The lowest BCUT2D eigenvalue weighted by molar-refractivity contribution is -0.145. The van der Waals surface area contributed by atoms with Gasteiger partial charge in [0.15, 0.2) is 0 Å². The summed E-state index contributed by atoms with van der Waals surface area (Å²) in [6, 6.07) is 0. The molecular formula is C16H29N3O4. The molecule has 7 nitrogen and oxygen atoms in total. The molecule has 0 unspecified atom stereocenters. The van der Waals surface area contributed by atoms with E-state index in [2.05, 4.69) is 4.90 Å². The molecule has 0 saturated carbocycles. The minimum absolute atomic E-state index is 0.0623. The van der Waals surface area contributed by atoms with Crippen molar-refractivity contribution in [3.05, 3.63) is 0 Å². The molecule has 2 saturated heterocycles. The first-order chi connectivity index (χ1) is 11.0. The van der Waals surface area contributed by atoms with Gasteiger partial charge >= 0.3 is 0 Å². The second-order valence-corrected chi connectivity index (χ2v) is 6.44. The molecule has 1 N–H and O–H groups in total. The Morgan fingerprint density at radius 3 is 2.61 bits per heavy atom. The van der Waals surface area contributed by atoms with E-state index in [0.29, 0.717) is 45.8 Å². The van der Waals surface area contributed by atoms with Crippen LogP contribution in [-0.2, 0) is 14.3 Å².